The van der Waals surface area contributed by atoms with Crippen LogP contribution in [0.1, 0.15) is 32.8 Å². The number of carbonyl (C=O) groups excluding carboxylic acids is 2. The van der Waals surface area contributed by atoms with Gasteiger partial charge in [-0.2, -0.15) is 0 Å². The van der Waals surface area contributed by atoms with E-state index in [9.17, 15) is 19.5 Å². The van der Waals surface area contributed by atoms with Crippen molar-refractivity contribution in [3.05, 3.63) is 35.9 Å². The summed E-state index contributed by atoms with van der Waals surface area (Å²) in [5, 5.41) is 14.3. The lowest BCUT2D eigenvalue weighted by Crippen LogP contribution is -2.52. The van der Waals surface area contributed by atoms with E-state index in [1.54, 1.807) is 18.2 Å². The summed E-state index contributed by atoms with van der Waals surface area (Å²) in [6, 6.07) is 9.01. The lowest BCUT2D eigenvalue weighted by atomic mass is 10.0. The monoisotopic (exact) mass is 318 g/mol. The molecule has 0 spiro atoms. The molecule has 0 saturated carbocycles. The third kappa shape index (κ3) is 6.83. The number of amides is 2. The average Bonchev–Trinajstić information content (AvgIpc) is 2.45. The van der Waals surface area contributed by atoms with Gasteiger partial charge in [-0.1, -0.05) is 32.0 Å². The number of carboxylic acid groups (broad SMARTS) is 1. The minimum Gasteiger partial charge on any atom is -0.480 e. The van der Waals surface area contributed by atoms with Gasteiger partial charge < -0.3 is 15.7 Å². The van der Waals surface area contributed by atoms with Crippen LogP contribution >= 0.6 is 0 Å². The summed E-state index contributed by atoms with van der Waals surface area (Å²) in [5.41, 5.74) is 0.706. The second-order valence-corrected chi connectivity index (χ2v) is 5.81. The van der Waals surface area contributed by atoms with Crippen molar-refractivity contribution in [1.82, 2.24) is 10.6 Å². The van der Waals surface area contributed by atoms with Crippen molar-refractivity contribution in [2.75, 3.05) is 0 Å². The smallest absolute Gasteiger partial charge is 0.326 e. The fraction of sp³-hybridized carbons (Fsp3) is 0.471. The van der Waals surface area contributed by atoms with Gasteiger partial charge in [0.2, 0.25) is 11.8 Å². The Labute approximate surface area is 136 Å². The molecule has 2 atom stereocenters. The van der Waals surface area contributed by atoms with Crippen LogP contribution < -0.4 is 10.6 Å². The molecule has 0 radical (unpaired) electrons. The van der Waals surface area contributed by atoms with E-state index in [-0.39, 0.29) is 18.2 Å². The Morgan fingerprint density at radius 3 is 2.39 bits per heavy atom. The van der Waals surface area contributed by atoms with Gasteiger partial charge in [-0.25, -0.2) is 4.79 Å². The highest BCUT2D eigenvalue weighted by Gasteiger charge is 2.26. The maximum Gasteiger partial charge on any atom is 0.326 e. The van der Waals surface area contributed by atoms with Gasteiger partial charge in [0.1, 0.15) is 12.1 Å². The number of carbonyl (C=O) groups is 3. The Hall–Kier alpha value is -2.55. The second-order valence-electron chi connectivity index (χ2n) is 5.81. The molecule has 124 valence electrons. The molecule has 1 aromatic carbocycles. The Bertz CT molecular complexity index is 543. The summed E-state index contributed by atoms with van der Waals surface area (Å²) in [6.45, 7) is 5.06. The second kappa shape index (κ2) is 8.79. The molecule has 0 heterocycles. The van der Waals surface area contributed by atoms with E-state index in [0.29, 0.717) is 12.0 Å². The van der Waals surface area contributed by atoms with E-state index in [4.69, 9.17) is 0 Å². The van der Waals surface area contributed by atoms with E-state index >= 15 is 0 Å². The fourth-order valence-electron chi connectivity index (χ4n) is 2.15. The molecule has 0 aromatic heterocycles. The summed E-state index contributed by atoms with van der Waals surface area (Å²) < 4.78 is 0. The molecule has 0 bridgehead atoms. The zero-order valence-electron chi connectivity index (χ0n) is 13.6. The van der Waals surface area contributed by atoms with E-state index in [0.717, 1.165) is 0 Å². The van der Waals surface area contributed by atoms with Crippen molar-refractivity contribution in [2.45, 2.75) is 45.7 Å². The summed E-state index contributed by atoms with van der Waals surface area (Å²) in [6.07, 6.45) is 0.538. The molecule has 0 aliphatic rings. The molecule has 6 heteroatoms. The molecule has 1 aromatic rings. The summed E-state index contributed by atoms with van der Waals surface area (Å²) in [7, 11) is 0. The summed E-state index contributed by atoms with van der Waals surface area (Å²) >= 11 is 0. The molecule has 0 aliphatic carbocycles. The molecule has 2 amide bonds. The molecule has 6 nitrogen and oxygen atoms in total. The molecule has 0 saturated heterocycles. The first-order chi connectivity index (χ1) is 10.8. The van der Waals surface area contributed by atoms with Crippen LogP contribution in [0.15, 0.2) is 18.2 Å². The average molecular weight is 318 g/mol. The molecule has 0 unspecified atom stereocenters. The first-order valence-corrected chi connectivity index (χ1v) is 7.47. The quantitative estimate of drug-likeness (QED) is 0.665. The number of hydrogen-bond donors (Lipinski definition) is 3. The molecule has 0 fully saturated rings. The first kappa shape index (κ1) is 18.5. The van der Waals surface area contributed by atoms with Crippen LogP contribution in [0.5, 0.6) is 0 Å². The highest BCUT2D eigenvalue weighted by atomic mass is 16.4. The largest absolute Gasteiger partial charge is 0.480 e. The third-order valence-electron chi connectivity index (χ3n) is 3.15. The predicted molar refractivity (Wildman–Crippen MR) is 84.4 cm³/mol. The van der Waals surface area contributed by atoms with Gasteiger partial charge in [-0.05, 0) is 24.5 Å². The molecule has 1 rings (SSSR count). The number of carboxylic acids is 1. The van der Waals surface area contributed by atoms with Crippen LogP contribution in [0.4, 0.5) is 0 Å². The van der Waals surface area contributed by atoms with Crippen LogP contribution in [0, 0.1) is 18.1 Å². The number of nitrogens with one attached hydrogen (secondary N) is 2. The number of rotatable bonds is 8. The third-order valence-corrected chi connectivity index (χ3v) is 3.15. The minimum atomic E-state index is -1.09. The minimum absolute atomic E-state index is 0.118. The lowest BCUT2D eigenvalue weighted by Gasteiger charge is -2.21. The Balaban J connectivity index is 2.82. The van der Waals surface area contributed by atoms with E-state index in [2.05, 4.69) is 22.8 Å². The fourth-order valence-corrected chi connectivity index (χ4v) is 2.15. The van der Waals surface area contributed by atoms with Crippen molar-refractivity contribution >= 4 is 17.8 Å². The van der Waals surface area contributed by atoms with Gasteiger partial charge in [-0.3, -0.25) is 9.59 Å². The van der Waals surface area contributed by atoms with Crippen LogP contribution in [0.2, 0.25) is 0 Å². The normalized spacial score (nSPS) is 12.9. The lowest BCUT2D eigenvalue weighted by molar-refractivity contribution is -0.142. The molecule has 0 aliphatic heterocycles. The summed E-state index contributed by atoms with van der Waals surface area (Å²) in [4.78, 5) is 34.9. The van der Waals surface area contributed by atoms with E-state index < -0.39 is 24.0 Å². The van der Waals surface area contributed by atoms with Crippen LogP contribution in [-0.2, 0) is 20.8 Å². The standard InChI is InChI=1S/C17H22N2O4/c1-11(2)9-15(17(22)23)19-16(21)14(18-12(3)20)10-13-7-5-4-6-8-13/h4-5,7,11,14-15H,9-10H2,1-3H3,(H,18,20)(H,19,21)(H,22,23)/t14-,15+/m0/s1. The number of hydrogen-bond acceptors (Lipinski definition) is 3. The topological polar surface area (TPSA) is 95.5 Å². The maximum atomic E-state index is 12.4. The van der Waals surface area contributed by atoms with Gasteiger partial charge in [-0.15, -0.1) is 0 Å². The highest BCUT2D eigenvalue weighted by molar-refractivity contribution is 5.90. The van der Waals surface area contributed by atoms with Gasteiger partial charge in [0.15, 0.2) is 0 Å². The molecule has 23 heavy (non-hydrogen) atoms. The Kier molecular flexibility index (Phi) is 7.07. The van der Waals surface area contributed by atoms with Crippen LogP contribution in [-0.4, -0.2) is 35.0 Å². The Morgan fingerprint density at radius 2 is 1.91 bits per heavy atom. The first-order valence-electron chi connectivity index (χ1n) is 7.47. The highest BCUT2D eigenvalue weighted by Crippen LogP contribution is 2.07. The van der Waals surface area contributed by atoms with Gasteiger partial charge in [0.05, 0.1) is 0 Å². The molecular weight excluding hydrogens is 296 g/mol. The van der Waals surface area contributed by atoms with E-state index in [1.807, 2.05) is 13.8 Å². The molecule has 3 N–H and O–H groups in total. The zero-order chi connectivity index (χ0) is 17.4. The maximum absolute atomic E-state index is 12.4. The van der Waals surface area contributed by atoms with Crippen molar-refractivity contribution in [2.24, 2.45) is 5.92 Å². The van der Waals surface area contributed by atoms with Crippen molar-refractivity contribution in [3.8, 4) is 0 Å². The SMILES string of the molecule is CC(=O)N[C@@H](Cc1c#cccc1)C(=O)N[C@H](CC(C)C)C(=O)O. The van der Waals surface area contributed by atoms with Crippen LogP contribution in [0.25, 0.3) is 0 Å². The predicted octanol–water partition coefficient (Wildman–Crippen LogP) is 0.950. The number of aliphatic carboxylic acids is 1. The van der Waals surface area contributed by atoms with Gasteiger partial charge >= 0.3 is 5.97 Å². The molecular formula is C17H22N2O4. The van der Waals surface area contributed by atoms with E-state index in [1.165, 1.54) is 6.92 Å². The van der Waals surface area contributed by atoms with Crippen LogP contribution in [0.3, 0.4) is 0 Å². The van der Waals surface area contributed by atoms with Crippen molar-refractivity contribution in [1.29, 1.82) is 0 Å². The zero-order valence-corrected chi connectivity index (χ0v) is 13.6. The Morgan fingerprint density at radius 1 is 1.22 bits per heavy atom. The van der Waals surface area contributed by atoms with Gasteiger partial charge in [0.25, 0.3) is 0 Å². The van der Waals surface area contributed by atoms with Crippen molar-refractivity contribution < 1.29 is 19.5 Å². The van der Waals surface area contributed by atoms with Crippen molar-refractivity contribution in [3.63, 3.8) is 0 Å². The summed E-state index contributed by atoms with van der Waals surface area (Å²) in [5.74, 6) is -1.85. The van der Waals surface area contributed by atoms with Gasteiger partial charge in [0, 0.05) is 18.9 Å².